The highest BCUT2D eigenvalue weighted by Gasteiger charge is 2.03. The predicted molar refractivity (Wildman–Crippen MR) is 52.2 cm³/mol. The molecule has 0 aliphatic carbocycles. The number of hydrogen-bond donors (Lipinski definition) is 0. The van der Waals surface area contributed by atoms with Crippen LogP contribution in [0.4, 0.5) is 4.39 Å². The van der Waals surface area contributed by atoms with Gasteiger partial charge in [0.05, 0.1) is 5.02 Å². The topological polar surface area (TPSA) is 26.3 Å². The van der Waals surface area contributed by atoms with E-state index in [1.165, 1.54) is 0 Å². The first-order chi connectivity index (χ1) is 6.74. The molecule has 2 nitrogen and oxygen atoms in total. The van der Waals surface area contributed by atoms with Crippen LogP contribution in [0.5, 0.6) is 5.75 Å². The Morgan fingerprint density at radius 2 is 2.21 bits per heavy atom. The molecule has 0 fully saturated rings. The van der Waals surface area contributed by atoms with E-state index in [0.29, 0.717) is 5.02 Å². The van der Waals surface area contributed by atoms with Crippen molar-refractivity contribution in [2.24, 2.45) is 0 Å². The minimum absolute atomic E-state index is 0.266. The quantitative estimate of drug-likeness (QED) is 0.439. The molecule has 74 valence electrons. The molecule has 0 atom stereocenters. The molecule has 0 spiro atoms. The lowest BCUT2D eigenvalue weighted by molar-refractivity contribution is -0.129. The molecule has 1 aromatic rings. The number of halogens is 2. The van der Waals surface area contributed by atoms with Crippen molar-refractivity contribution in [2.75, 3.05) is 6.67 Å². The Hall–Kier alpha value is -1.35. The molecule has 0 N–H and O–H groups in total. The van der Waals surface area contributed by atoms with Crippen LogP contribution in [0, 0.1) is 0 Å². The third-order valence-corrected chi connectivity index (χ3v) is 1.70. The van der Waals surface area contributed by atoms with Crippen LogP contribution >= 0.6 is 11.6 Å². The summed E-state index contributed by atoms with van der Waals surface area (Å²) in [6.45, 7) is -0.697. The first-order valence-electron chi connectivity index (χ1n) is 3.93. The molecular weight excluding hydrogens is 207 g/mol. The van der Waals surface area contributed by atoms with Crippen molar-refractivity contribution in [2.45, 2.75) is 0 Å². The summed E-state index contributed by atoms with van der Waals surface area (Å²) >= 11 is 5.73. The second-order valence-corrected chi connectivity index (χ2v) is 2.82. The van der Waals surface area contributed by atoms with Crippen LogP contribution < -0.4 is 4.74 Å². The van der Waals surface area contributed by atoms with Gasteiger partial charge in [-0.25, -0.2) is 9.18 Å². The minimum atomic E-state index is -0.697. The predicted octanol–water partition coefficient (Wildman–Crippen LogP) is 2.77. The van der Waals surface area contributed by atoms with Gasteiger partial charge in [0.15, 0.2) is 0 Å². The fourth-order valence-corrected chi connectivity index (χ4v) is 0.985. The summed E-state index contributed by atoms with van der Waals surface area (Å²) in [5, 5.41) is 0.342. The summed E-state index contributed by atoms with van der Waals surface area (Å²) in [6.07, 6.45) is 2.09. The monoisotopic (exact) mass is 214 g/mol. The summed E-state index contributed by atoms with van der Waals surface area (Å²) in [7, 11) is 0. The van der Waals surface area contributed by atoms with Gasteiger partial charge in [-0.1, -0.05) is 23.7 Å². The van der Waals surface area contributed by atoms with E-state index >= 15 is 0 Å². The first kappa shape index (κ1) is 10.7. The SMILES string of the molecule is O=C(C=CCF)Oc1ccccc1Cl. The Labute approximate surface area is 85.9 Å². The van der Waals surface area contributed by atoms with E-state index in [1.807, 2.05) is 0 Å². The van der Waals surface area contributed by atoms with Gasteiger partial charge in [-0.05, 0) is 18.2 Å². The molecule has 0 radical (unpaired) electrons. The van der Waals surface area contributed by atoms with Crippen LogP contribution in [0.15, 0.2) is 36.4 Å². The van der Waals surface area contributed by atoms with E-state index in [-0.39, 0.29) is 5.75 Å². The average molecular weight is 215 g/mol. The van der Waals surface area contributed by atoms with Crippen LogP contribution in [-0.2, 0) is 4.79 Å². The maximum Gasteiger partial charge on any atom is 0.335 e. The zero-order valence-electron chi connectivity index (χ0n) is 7.24. The second-order valence-electron chi connectivity index (χ2n) is 2.41. The van der Waals surface area contributed by atoms with Crippen LogP contribution in [0.25, 0.3) is 0 Å². The molecule has 0 aliphatic rings. The molecule has 1 aromatic carbocycles. The van der Waals surface area contributed by atoms with Crippen molar-refractivity contribution in [1.82, 2.24) is 0 Å². The van der Waals surface area contributed by atoms with Gasteiger partial charge in [-0.2, -0.15) is 0 Å². The first-order valence-corrected chi connectivity index (χ1v) is 4.30. The molecule has 0 bridgehead atoms. The van der Waals surface area contributed by atoms with Gasteiger partial charge in [0.1, 0.15) is 12.4 Å². The third-order valence-electron chi connectivity index (χ3n) is 1.39. The number of benzene rings is 1. The molecule has 0 saturated heterocycles. The molecule has 1 rings (SSSR count). The zero-order chi connectivity index (χ0) is 10.4. The maximum absolute atomic E-state index is 11.7. The summed E-state index contributed by atoms with van der Waals surface area (Å²) in [5.41, 5.74) is 0. The van der Waals surface area contributed by atoms with Gasteiger partial charge in [-0.15, -0.1) is 0 Å². The maximum atomic E-state index is 11.7. The molecule has 0 unspecified atom stereocenters. The Balaban J connectivity index is 2.65. The molecule has 0 aliphatic heterocycles. The highest BCUT2D eigenvalue weighted by atomic mass is 35.5. The van der Waals surface area contributed by atoms with Crippen molar-refractivity contribution in [3.63, 3.8) is 0 Å². The molecule has 0 aromatic heterocycles. The summed E-state index contributed by atoms with van der Waals surface area (Å²) in [5.74, 6) is -0.376. The van der Waals surface area contributed by atoms with Gasteiger partial charge < -0.3 is 4.74 Å². The van der Waals surface area contributed by atoms with Crippen molar-refractivity contribution in [3.8, 4) is 5.75 Å². The number of rotatable bonds is 3. The number of ether oxygens (including phenoxy) is 1. The minimum Gasteiger partial charge on any atom is -0.422 e. The summed E-state index contributed by atoms with van der Waals surface area (Å²) < 4.78 is 16.5. The van der Waals surface area contributed by atoms with Crippen LogP contribution in [0.3, 0.4) is 0 Å². The van der Waals surface area contributed by atoms with Gasteiger partial charge in [-0.3, -0.25) is 0 Å². The standard InChI is InChI=1S/C10H8ClFO2/c11-8-4-1-2-5-9(8)14-10(13)6-3-7-12/h1-6H,7H2. The van der Waals surface area contributed by atoms with Gasteiger partial charge in [0, 0.05) is 6.08 Å². The second kappa shape index (κ2) is 5.40. The molecule has 0 saturated carbocycles. The smallest absolute Gasteiger partial charge is 0.335 e. The lowest BCUT2D eigenvalue weighted by atomic mass is 10.3. The van der Waals surface area contributed by atoms with E-state index in [2.05, 4.69) is 0 Å². The lowest BCUT2D eigenvalue weighted by Crippen LogP contribution is -2.04. The molecule has 14 heavy (non-hydrogen) atoms. The van der Waals surface area contributed by atoms with Gasteiger partial charge in [0.25, 0.3) is 0 Å². The molecular formula is C10H8ClFO2. The van der Waals surface area contributed by atoms with Crippen LogP contribution in [0.1, 0.15) is 0 Å². The highest BCUT2D eigenvalue weighted by molar-refractivity contribution is 6.32. The normalized spacial score (nSPS) is 10.4. The zero-order valence-corrected chi connectivity index (χ0v) is 8.00. The number of para-hydroxylation sites is 1. The largest absolute Gasteiger partial charge is 0.422 e. The van der Waals surface area contributed by atoms with E-state index in [9.17, 15) is 9.18 Å². The third kappa shape index (κ3) is 3.18. The number of esters is 1. The number of allylic oxidation sites excluding steroid dienone is 1. The van der Waals surface area contributed by atoms with E-state index < -0.39 is 12.6 Å². The summed E-state index contributed by atoms with van der Waals surface area (Å²) in [4.78, 5) is 11.0. The Morgan fingerprint density at radius 1 is 1.50 bits per heavy atom. The number of hydrogen-bond acceptors (Lipinski definition) is 2. The van der Waals surface area contributed by atoms with E-state index in [4.69, 9.17) is 16.3 Å². The average Bonchev–Trinajstić information content (AvgIpc) is 2.18. The van der Waals surface area contributed by atoms with E-state index in [0.717, 1.165) is 12.2 Å². The number of alkyl halides is 1. The van der Waals surface area contributed by atoms with Gasteiger partial charge in [0.2, 0.25) is 0 Å². The molecule has 4 heteroatoms. The van der Waals surface area contributed by atoms with Crippen LogP contribution in [0.2, 0.25) is 5.02 Å². The Morgan fingerprint density at radius 3 is 2.86 bits per heavy atom. The lowest BCUT2D eigenvalue weighted by Gasteiger charge is -2.02. The van der Waals surface area contributed by atoms with Crippen molar-refractivity contribution in [3.05, 3.63) is 41.4 Å². The Bertz CT molecular complexity index is 350. The van der Waals surface area contributed by atoms with Gasteiger partial charge >= 0.3 is 5.97 Å². The number of carbonyl (C=O) groups excluding carboxylic acids is 1. The van der Waals surface area contributed by atoms with Crippen molar-refractivity contribution in [1.29, 1.82) is 0 Å². The fourth-order valence-electron chi connectivity index (χ4n) is 0.811. The molecule has 0 heterocycles. The molecule has 0 amide bonds. The number of carbonyl (C=O) groups is 1. The van der Waals surface area contributed by atoms with E-state index in [1.54, 1.807) is 24.3 Å². The fraction of sp³-hybridized carbons (Fsp3) is 0.100. The van der Waals surface area contributed by atoms with Crippen molar-refractivity contribution < 1.29 is 13.9 Å². The van der Waals surface area contributed by atoms with Crippen molar-refractivity contribution >= 4 is 17.6 Å². The Kier molecular flexibility index (Phi) is 4.13. The highest BCUT2D eigenvalue weighted by Crippen LogP contribution is 2.23. The summed E-state index contributed by atoms with van der Waals surface area (Å²) in [6, 6.07) is 6.57. The van der Waals surface area contributed by atoms with Crippen LogP contribution in [-0.4, -0.2) is 12.6 Å².